The zero-order valence-electron chi connectivity index (χ0n) is 16.8. The highest BCUT2D eigenvalue weighted by Crippen LogP contribution is 2.25. The summed E-state index contributed by atoms with van der Waals surface area (Å²) in [7, 11) is -2.26. The van der Waals surface area contributed by atoms with E-state index in [1.54, 1.807) is 37.0 Å². The summed E-state index contributed by atoms with van der Waals surface area (Å²) in [6.45, 7) is 3.96. The van der Waals surface area contributed by atoms with Gasteiger partial charge in [-0.15, -0.1) is 0 Å². The van der Waals surface area contributed by atoms with Crippen molar-refractivity contribution < 1.29 is 13.2 Å². The Balaban J connectivity index is 1.90. The molecule has 1 amide bonds. The number of carbonyl (C=O) groups is 1. The van der Waals surface area contributed by atoms with Gasteiger partial charge in [0.05, 0.1) is 22.0 Å². The third kappa shape index (κ3) is 4.69. The van der Waals surface area contributed by atoms with Crippen LogP contribution in [-0.4, -0.2) is 46.5 Å². The monoisotopic (exact) mass is 447 g/mol. The van der Waals surface area contributed by atoms with Crippen LogP contribution in [0.4, 0.5) is 5.69 Å². The Hall–Kier alpha value is -2.75. The van der Waals surface area contributed by atoms with Crippen LogP contribution < -0.4 is 5.32 Å². The summed E-state index contributed by atoms with van der Waals surface area (Å²) in [5.41, 5.74) is 1.46. The number of sulfonamides is 1. The lowest BCUT2D eigenvalue weighted by Crippen LogP contribution is -2.33. The first-order valence-electron chi connectivity index (χ1n) is 9.19. The van der Waals surface area contributed by atoms with Gasteiger partial charge in [-0.05, 0) is 43.7 Å². The standard InChI is InChI=1S/C20H22ClN5O3S/c1-14(2)25(3)30(28,29)16-8-9-18(21)17(10-16)20(27)24-19-7-5-4-6-15(19)11-26-13-22-12-23-26/h4-10,12-14H,11H2,1-3H3,(H,24,27). The van der Waals surface area contributed by atoms with E-state index in [0.717, 1.165) is 5.56 Å². The van der Waals surface area contributed by atoms with Crippen LogP contribution in [-0.2, 0) is 16.6 Å². The molecule has 0 spiro atoms. The average Bonchev–Trinajstić information content (AvgIpc) is 3.22. The van der Waals surface area contributed by atoms with Crippen molar-refractivity contribution in [1.29, 1.82) is 0 Å². The topological polar surface area (TPSA) is 97.2 Å². The van der Waals surface area contributed by atoms with Gasteiger partial charge in [0, 0.05) is 18.8 Å². The highest BCUT2D eigenvalue weighted by atomic mass is 35.5. The molecule has 1 aromatic heterocycles. The van der Waals surface area contributed by atoms with Crippen LogP contribution in [0.5, 0.6) is 0 Å². The molecule has 1 heterocycles. The van der Waals surface area contributed by atoms with Gasteiger partial charge in [0.15, 0.2) is 0 Å². The van der Waals surface area contributed by atoms with Crippen molar-refractivity contribution in [3.63, 3.8) is 0 Å². The molecule has 3 rings (SSSR count). The zero-order valence-corrected chi connectivity index (χ0v) is 18.4. The molecular weight excluding hydrogens is 426 g/mol. The summed E-state index contributed by atoms with van der Waals surface area (Å²) in [5, 5.41) is 7.05. The molecule has 0 aliphatic heterocycles. The second-order valence-corrected chi connectivity index (χ2v) is 9.37. The summed E-state index contributed by atoms with van der Waals surface area (Å²) < 4.78 is 28.4. The maximum atomic E-state index is 12.9. The Morgan fingerprint density at radius 3 is 2.63 bits per heavy atom. The molecule has 0 fully saturated rings. The number of hydrogen-bond acceptors (Lipinski definition) is 5. The number of benzene rings is 2. The molecule has 2 aromatic carbocycles. The van der Waals surface area contributed by atoms with E-state index in [4.69, 9.17) is 11.6 Å². The van der Waals surface area contributed by atoms with Crippen LogP contribution in [0.3, 0.4) is 0 Å². The number of halogens is 1. The molecule has 10 heteroatoms. The van der Waals surface area contributed by atoms with Gasteiger partial charge in [0.25, 0.3) is 5.91 Å². The number of aromatic nitrogens is 3. The van der Waals surface area contributed by atoms with Crippen molar-refractivity contribution in [3.8, 4) is 0 Å². The number of hydrogen-bond donors (Lipinski definition) is 1. The molecule has 0 aliphatic rings. The van der Waals surface area contributed by atoms with Crippen LogP contribution in [0, 0.1) is 0 Å². The Labute approximate surface area is 180 Å². The van der Waals surface area contributed by atoms with Gasteiger partial charge in [-0.1, -0.05) is 29.8 Å². The van der Waals surface area contributed by atoms with Crippen molar-refractivity contribution in [3.05, 3.63) is 71.3 Å². The Bertz CT molecular complexity index is 1150. The van der Waals surface area contributed by atoms with Gasteiger partial charge in [0.1, 0.15) is 12.7 Å². The second-order valence-electron chi connectivity index (χ2n) is 6.96. The van der Waals surface area contributed by atoms with Gasteiger partial charge in [-0.3, -0.25) is 4.79 Å². The van der Waals surface area contributed by atoms with E-state index in [2.05, 4.69) is 15.4 Å². The number of para-hydroxylation sites is 1. The lowest BCUT2D eigenvalue weighted by Gasteiger charge is -2.21. The molecule has 0 bridgehead atoms. The first kappa shape index (κ1) is 21.9. The maximum absolute atomic E-state index is 12.9. The average molecular weight is 448 g/mol. The van der Waals surface area contributed by atoms with E-state index < -0.39 is 15.9 Å². The molecule has 0 saturated carbocycles. The molecule has 0 unspecified atom stereocenters. The first-order valence-corrected chi connectivity index (χ1v) is 11.0. The number of amides is 1. The molecule has 3 aromatic rings. The first-order chi connectivity index (χ1) is 14.2. The number of nitrogens with zero attached hydrogens (tertiary/aromatic N) is 4. The fraction of sp³-hybridized carbons (Fsp3) is 0.250. The molecule has 0 aliphatic carbocycles. The number of nitrogens with one attached hydrogen (secondary N) is 1. The molecule has 0 radical (unpaired) electrons. The minimum Gasteiger partial charge on any atom is -0.322 e. The van der Waals surface area contributed by atoms with Crippen molar-refractivity contribution in [2.45, 2.75) is 31.3 Å². The van der Waals surface area contributed by atoms with Gasteiger partial charge in [-0.25, -0.2) is 18.1 Å². The van der Waals surface area contributed by atoms with Crippen LogP contribution in [0.15, 0.2) is 60.0 Å². The third-order valence-electron chi connectivity index (χ3n) is 4.65. The van der Waals surface area contributed by atoms with E-state index in [9.17, 15) is 13.2 Å². The predicted octanol–water partition coefficient (Wildman–Crippen LogP) is 3.26. The Morgan fingerprint density at radius 2 is 1.97 bits per heavy atom. The zero-order chi connectivity index (χ0) is 21.9. The summed E-state index contributed by atoms with van der Waals surface area (Å²) in [6.07, 6.45) is 3.01. The largest absolute Gasteiger partial charge is 0.322 e. The lowest BCUT2D eigenvalue weighted by molar-refractivity contribution is 0.102. The number of rotatable bonds is 7. The predicted molar refractivity (Wildman–Crippen MR) is 115 cm³/mol. The normalized spacial score (nSPS) is 11.8. The molecule has 0 saturated heterocycles. The molecule has 158 valence electrons. The van der Waals surface area contributed by atoms with E-state index in [0.29, 0.717) is 12.2 Å². The summed E-state index contributed by atoms with van der Waals surface area (Å²) in [5.74, 6) is -0.504. The smallest absolute Gasteiger partial charge is 0.257 e. The van der Waals surface area contributed by atoms with Crippen LogP contribution in [0.2, 0.25) is 5.02 Å². The van der Waals surface area contributed by atoms with Crippen molar-refractivity contribution >= 4 is 33.2 Å². The van der Waals surface area contributed by atoms with Crippen molar-refractivity contribution in [1.82, 2.24) is 19.1 Å². The Kier molecular flexibility index (Phi) is 6.55. The minimum atomic E-state index is -3.75. The quantitative estimate of drug-likeness (QED) is 0.599. The van der Waals surface area contributed by atoms with E-state index in [1.807, 2.05) is 12.1 Å². The molecule has 0 atom stereocenters. The summed E-state index contributed by atoms with van der Waals surface area (Å²) in [6, 6.07) is 11.1. The second kappa shape index (κ2) is 8.95. The van der Waals surface area contributed by atoms with Crippen LogP contribution in [0.25, 0.3) is 0 Å². The SMILES string of the molecule is CC(C)N(C)S(=O)(=O)c1ccc(Cl)c(C(=O)Nc2ccccc2Cn2cncn2)c1. The highest BCUT2D eigenvalue weighted by molar-refractivity contribution is 7.89. The van der Waals surface area contributed by atoms with E-state index in [1.165, 1.54) is 35.9 Å². The third-order valence-corrected chi connectivity index (χ3v) is 7.01. The molecular formula is C20H22ClN5O3S. The highest BCUT2D eigenvalue weighted by Gasteiger charge is 2.25. The van der Waals surface area contributed by atoms with Gasteiger partial charge < -0.3 is 5.32 Å². The van der Waals surface area contributed by atoms with E-state index >= 15 is 0 Å². The van der Waals surface area contributed by atoms with Crippen molar-refractivity contribution in [2.24, 2.45) is 0 Å². The van der Waals surface area contributed by atoms with Gasteiger partial charge >= 0.3 is 0 Å². The maximum Gasteiger partial charge on any atom is 0.257 e. The van der Waals surface area contributed by atoms with Crippen LogP contribution in [0.1, 0.15) is 29.8 Å². The van der Waals surface area contributed by atoms with Gasteiger partial charge in [0.2, 0.25) is 10.0 Å². The molecule has 30 heavy (non-hydrogen) atoms. The summed E-state index contributed by atoms with van der Waals surface area (Å²) >= 11 is 6.21. The fourth-order valence-corrected chi connectivity index (χ4v) is 4.34. The Morgan fingerprint density at radius 1 is 1.23 bits per heavy atom. The lowest BCUT2D eigenvalue weighted by atomic mass is 10.1. The van der Waals surface area contributed by atoms with Crippen molar-refractivity contribution in [2.75, 3.05) is 12.4 Å². The molecule has 8 nitrogen and oxygen atoms in total. The summed E-state index contributed by atoms with van der Waals surface area (Å²) in [4.78, 5) is 16.9. The van der Waals surface area contributed by atoms with Crippen LogP contribution >= 0.6 is 11.6 Å². The number of anilines is 1. The minimum absolute atomic E-state index is 0.00384. The number of carbonyl (C=O) groups excluding carboxylic acids is 1. The molecule has 1 N–H and O–H groups in total. The fourth-order valence-electron chi connectivity index (χ4n) is 2.74. The van der Waals surface area contributed by atoms with E-state index in [-0.39, 0.29) is 21.5 Å². The van der Waals surface area contributed by atoms with Gasteiger partial charge in [-0.2, -0.15) is 9.40 Å².